The fourth-order valence-corrected chi connectivity index (χ4v) is 5.25. The van der Waals surface area contributed by atoms with E-state index in [2.05, 4.69) is 20.7 Å². The van der Waals surface area contributed by atoms with E-state index in [9.17, 15) is 18.3 Å². The molecule has 35 heavy (non-hydrogen) atoms. The zero-order valence-corrected chi connectivity index (χ0v) is 20.5. The summed E-state index contributed by atoms with van der Waals surface area (Å²) in [7, 11) is -3.84. The molecule has 0 radical (unpaired) electrons. The SMILES string of the molecule is Cc1ccc(S(=O)(=O)Nc2ccc3nc(N4CCN(CCC#N)CC4)cc(C(=O)O)c3c2)cc1C. The van der Waals surface area contributed by atoms with Crippen molar-refractivity contribution in [1.82, 2.24) is 9.88 Å². The maximum absolute atomic E-state index is 12.9. The summed E-state index contributed by atoms with van der Waals surface area (Å²) in [6.45, 7) is 7.36. The van der Waals surface area contributed by atoms with Gasteiger partial charge in [-0.05, 0) is 61.4 Å². The van der Waals surface area contributed by atoms with Gasteiger partial charge in [0.15, 0.2) is 0 Å². The molecule has 0 atom stereocenters. The van der Waals surface area contributed by atoms with Crippen molar-refractivity contribution in [3.8, 4) is 6.07 Å². The first-order chi connectivity index (χ1) is 16.7. The molecule has 1 aliphatic heterocycles. The molecule has 0 bridgehead atoms. The van der Waals surface area contributed by atoms with E-state index >= 15 is 0 Å². The molecular formula is C25H27N5O4S. The Morgan fingerprint density at radius 2 is 1.83 bits per heavy atom. The van der Waals surface area contributed by atoms with Gasteiger partial charge in [0.25, 0.3) is 10.0 Å². The van der Waals surface area contributed by atoms with Crippen molar-refractivity contribution in [2.24, 2.45) is 0 Å². The first-order valence-electron chi connectivity index (χ1n) is 11.3. The Morgan fingerprint density at radius 3 is 2.49 bits per heavy atom. The lowest BCUT2D eigenvalue weighted by Gasteiger charge is -2.35. The summed E-state index contributed by atoms with van der Waals surface area (Å²) >= 11 is 0. The van der Waals surface area contributed by atoms with Gasteiger partial charge in [0, 0.05) is 50.2 Å². The molecule has 0 unspecified atom stereocenters. The third-order valence-electron chi connectivity index (χ3n) is 6.30. The molecule has 1 saturated heterocycles. The summed E-state index contributed by atoms with van der Waals surface area (Å²) in [5, 5.41) is 19.0. The van der Waals surface area contributed by atoms with E-state index in [1.165, 1.54) is 12.1 Å². The standard InChI is InChI=1S/C25H27N5O4S/c1-17-4-6-20(14-18(17)2)35(33,34)28-19-5-7-23-21(15-19)22(25(31)32)16-24(27-23)30-12-10-29(11-13-30)9-3-8-26/h4-7,14-16,28H,3,9-13H2,1-2H3,(H,31,32). The van der Waals surface area contributed by atoms with Gasteiger partial charge in [0.05, 0.1) is 22.0 Å². The molecule has 10 heteroatoms. The van der Waals surface area contributed by atoms with Gasteiger partial charge in [0.1, 0.15) is 5.82 Å². The van der Waals surface area contributed by atoms with Crippen molar-refractivity contribution in [2.45, 2.75) is 25.2 Å². The third kappa shape index (κ3) is 5.37. The molecule has 2 N–H and O–H groups in total. The Balaban J connectivity index is 1.62. The lowest BCUT2D eigenvalue weighted by atomic mass is 10.1. The van der Waals surface area contributed by atoms with E-state index in [0.29, 0.717) is 36.2 Å². The summed E-state index contributed by atoms with van der Waals surface area (Å²) in [5.41, 5.74) is 2.65. The quantitative estimate of drug-likeness (QED) is 0.513. The maximum atomic E-state index is 12.9. The minimum Gasteiger partial charge on any atom is -0.478 e. The second kappa shape index (κ2) is 9.90. The van der Waals surface area contributed by atoms with Crippen molar-refractivity contribution in [3.05, 3.63) is 59.2 Å². The molecule has 0 amide bonds. The predicted molar refractivity (Wildman–Crippen MR) is 134 cm³/mol. The van der Waals surface area contributed by atoms with E-state index in [0.717, 1.165) is 30.8 Å². The van der Waals surface area contributed by atoms with Crippen LogP contribution in [-0.2, 0) is 10.0 Å². The molecule has 2 heterocycles. The number of fused-ring (bicyclic) bond motifs is 1. The summed E-state index contributed by atoms with van der Waals surface area (Å²) in [6, 6.07) is 13.3. The lowest BCUT2D eigenvalue weighted by molar-refractivity contribution is 0.0699. The van der Waals surface area contributed by atoms with Gasteiger partial charge < -0.3 is 10.0 Å². The van der Waals surface area contributed by atoms with Gasteiger partial charge >= 0.3 is 5.97 Å². The normalized spacial score (nSPS) is 14.6. The number of carbonyl (C=O) groups is 1. The van der Waals surface area contributed by atoms with E-state index < -0.39 is 16.0 Å². The van der Waals surface area contributed by atoms with Gasteiger partial charge in [-0.1, -0.05) is 6.07 Å². The number of aromatic nitrogens is 1. The number of aromatic carboxylic acids is 1. The Morgan fingerprint density at radius 1 is 1.09 bits per heavy atom. The number of benzene rings is 2. The highest BCUT2D eigenvalue weighted by Gasteiger charge is 2.21. The number of rotatable bonds is 7. The smallest absolute Gasteiger partial charge is 0.336 e. The second-order valence-corrected chi connectivity index (χ2v) is 10.3. The number of nitriles is 1. The summed E-state index contributed by atoms with van der Waals surface area (Å²) in [6.07, 6.45) is 0.479. The van der Waals surface area contributed by atoms with Crippen molar-refractivity contribution in [2.75, 3.05) is 42.3 Å². The first kappa shape index (κ1) is 24.4. The van der Waals surface area contributed by atoms with Crippen molar-refractivity contribution >= 4 is 38.4 Å². The maximum Gasteiger partial charge on any atom is 0.336 e. The van der Waals surface area contributed by atoms with Crippen LogP contribution < -0.4 is 9.62 Å². The zero-order chi connectivity index (χ0) is 25.2. The fourth-order valence-electron chi connectivity index (χ4n) is 4.12. The monoisotopic (exact) mass is 493 g/mol. The van der Waals surface area contributed by atoms with E-state index in [-0.39, 0.29) is 16.1 Å². The number of carboxylic acid groups (broad SMARTS) is 1. The van der Waals surface area contributed by atoms with Crippen LogP contribution in [-0.4, -0.2) is 62.1 Å². The van der Waals surface area contributed by atoms with Crippen LogP contribution >= 0.6 is 0 Å². The molecule has 0 aliphatic carbocycles. The number of hydrogen-bond acceptors (Lipinski definition) is 7. The number of anilines is 2. The number of piperazine rings is 1. The highest BCUT2D eigenvalue weighted by molar-refractivity contribution is 7.92. The zero-order valence-electron chi connectivity index (χ0n) is 19.7. The van der Waals surface area contributed by atoms with E-state index in [4.69, 9.17) is 5.26 Å². The van der Waals surface area contributed by atoms with Gasteiger partial charge in [-0.2, -0.15) is 5.26 Å². The average Bonchev–Trinajstić information content (AvgIpc) is 2.83. The third-order valence-corrected chi connectivity index (χ3v) is 7.68. The summed E-state index contributed by atoms with van der Waals surface area (Å²) < 4.78 is 28.4. The molecule has 4 rings (SSSR count). The van der Waals surface area contributed by atoms with Gasteiger partial charge in [-0.15, -0.1) is 0 Å². The molecule has 0 spiro atoms. The van der Waals surface area contributed by atoms with Crippen LogP contribution in [0.1, 0.15) is 27.9 Å². The van der Waals surface area contributed by atoms with Crippen LogP contribution in [0.25, 0.3) is 10.9 Å². The first-order valence-corrected chi connectivity index (χ1v) is 12.8. The van der Waals surface area contributed by atoms with Crippen molar-refractivity contribution in [1.29, 1.82) is 5.26 Å². The molecule has 1 aliphatic rings. The Hall–Kier alpha value is -3.68. The Kier molecular flexibility index (Phi) is 6.91. The minimum atomic E-state index is -3.84. The fraction of sp³-hybridized carbons (Fsp3) is 0.320. The summed E-state index contributed by atoms with van der Waals surface area (Å²) in [5.74, 6) is -0.543. The van der Waals surface area contributed by atoms with Crippen LogP contribution in [0.5, 0.6) is 0 Å². The molecule has 182 valence electrons. The molecule has 2 aromatic carbocycles. The van der Waals surface area contributed by atoms with E-state index in [1.807, 2.05) is 18.7 Å². The number of nitrogens with one attached hydrogen (secondary N) is 1. The number of hydrogen-bond donors (Lipinski definition) is 2. The molecular weight excluding hydrogens is 466 g/mol. The summed E-state index contributed by atoms with van der Waals surface area (Å²) in [4.78, 5) is 21.1. The van der Waals surface area contributed by atoms with Crippen molar-refractivity contribution in [3.63, 3.8) is 0 Å². The lowest BCUT2D eigenvalue weighted by Crippen LogP contribution is -2.46. The van der Waals surface area contributed by atoms with Crippen LogP contribution in [0.2, 0.25) is 0 Å². The number of nitrogens with zero attached hydrogens (tertiary/aromatic N) is 4. The topological polar surface area (TPSA) is 127 Å². The predicted octanol–water partition coefficient (Wildman–Crippen LogP) is 3.39. The Labute approximate surface area is 204 Å². The number of aryl methyl sites for hydroxylation is 2. The molecule has 1 aromatic heterocycles. The van der Waals surface area contributed by atoms with Crippen LogP contribution in [0.15, 0.2) is 47.4 Å². The number of carboxylic acids is 1. The molecule has 0 saturated carbocycles. The highest BCUT2D eigenvalue weighted by atomic mass is 32.2. The van der Waals surface area contributed by atoms with Crippen molar-refractivity contribution < 1.29 is 18.3 Å². The minimum absolute atomic E-state index is 0.0594. The number of sulfonamides is 1. The average molecular weight is 494 g/mol. The number of pyridine rings is 1. The molecule has 3 aromatic rings. The largest absolute Gasteiger partial charge is 0.478 e. The molecule has 1 fully saturated rings. The van der Waals surface area contributed by atoms with Gasteiger partial charge in [-0.25, -0.2) is 18.2 Å². The van der Waals surface area contributed by atoms with E-state index in [1.54, 1.807) is 30.3 Å². The van der Waals surface area contributed by atoms with Crippen LogP contribution in [0.4, 0.5) is 11.5 Å². The Bertz CT molecular complexity index is 1420. The van der Waals surface area contributed by atoms with Crippen LogP contribution in [0, 0.1) is 25.2 Å². The van der Waals surface area contributed by atoms with Gasteiger partial charge in [-0.3, -0.25) is 9.62 Å². The van der Waals surface area contributed by atoms with Gasteiger partial charge in [0.2, 0.25) is 0 Å². The molecule has 9 nitrogen and oxygen atoms in total. The second-order valence-electron chi connectivity index (χ2n) is 8.65. The highest BCUT2D eigenvalue weighted by Crippen LogP contribution is 2.28. The van der Waals surface area contributed by atoms with Crippen LogP contribution in [0.3, 0.4) is 0 Å².